The zero-order valence-corrected chi connectivity index (χ0v) is 12.5. The number of hydrogen-bond acceptors (Lipinski definition) is 4. The maximum Gasteiger partial charge on any atom is 0.178 e. The average molecular weight is 281 g/mol. The van der Waals surface area contributed by atoms with Crippen LogP contribution in [0.3, 0.4) is 0 Å². The lowest BCUT2D eigenvalue weighted by atomic mass is 10.1. The van der Waals surface area contributed by atoms with Crippen LogP contribution < -0.4 is 5.73 Å². The lowest BCUT2D eigenvalue weighted by Gasteiger charge is -2.13. The van der Waals surface area contributed by atoms with Gasteiger partial charge >= 0.3 is 0 Å². The standard InChI is InChI=1S/C16H19N5/c1-10(2)15(17)16-19-18-14-9-8-13(20-21(14)16)12-6-4-11(3)5-7-12/h4-10,15H,17H2,1-3H3. The van der Waals surface area contributed by atoms with Crippen molar-refractivity contribution in [3.63, 3.8) is 0 Å². The van der Waals surface area contributed by atoms with E-state index in [4.69, 9.17) is 5.73 Å². The molecule has 2 aromatic heterocycles. The second-order valence-corrected chi connectivity index (χ2v) is 5.68. The number of hydrogen-bond donors (Lipinski definition) is 1. The van der Waals surface area contributed by atoms with Crippen LogP contribution in [0.15, 0.2) is 36.4 Å². The van der Waals surface area contributed by atoms with Crippen molar-refractivity contribution in [1.29, 1.82) is 0 Å². The van der Waals surface area contributed by atoms with Gasteiger partial charge in [0.25, 0.3) is 0 Å². The van der Waals surface area contributed by atoms with Crippen molar-refractivity contribution >= 4 is 5.65 Å². The number of aryl methyl sites for hydroxylation is 1. The van der Waals surface area contributed by atoms with Crippen LogP contribution in [0.2, 0.25) is 0 Å². The van der Waals surface area contributed by atoms with Crippen molar-refractivity contribution in [3.8, 4) is 11.3 Å². The number of nitrogens with two attached hydrogens (primary N) is 1. The number of aromatic nitrogens is 4. The maximum absolute atomic E-state index is 6.19. The van der Waals surface area contributed by atoms with Crippen LogP contribution in [0, 0.1) is 12.8 Å². The van der Waals surface area contributed by atoms with Crippen LogP contribution >= 0.6 is 0 Å². The van der Waals surface area contributed by atoms with Crippen molar-refractivity contribution < 1.29 is 0 Å². The molecule has 5 nitrogen and oxygen atoms in total. The fourth-order valence-electron chi connectivity index (χ4n) is 2.19. The molecule has 3 rings (SSSR count). The van der Waals surface area contributed by atoms with Crippen molar-refractivity contribution in [2.45, 2.75) is 26.8 Å². The molecule has 2 N–H and O–H groups in total. The molecule has 5 heteroatoms. The molecule has 0 bridgehead atoms. The summed E-state index contributed by atoms with van der Waals surface area (Å²) in [4.78, 5) is 0. The minimum absolute atomic E-state index is 0.180. The first-order chi connectivity index (χ1) is 10.1. The van der Waals surface area contributed by atoms with E-state index in [1.54, 1.807) is 4.52 Å². The summed E-state index contributed by atoms with van der Waals surface area (Å²) in [6.45, 7) is 6.20. The fraction of sp³-hybridized carbons (Fsp3) is 0.312. The lowest BCUT2D eigenvalue weighted by molar-refractivity contribution is 0.480. The normalized spacial score (nSPS) is 13.0. The highest BCUT2D eigenvalue weighted by Gasteiger charge is 2.18. The summed E-state index contributed by atoms with van der Waals surface area (Å²) in [5, 5.41) is 13.0. The lowest BCUT2D eigenvalue weighted by Crippen LogP contribution is -2.20. The van der Waals surface area contributed by atoms with Crippen molar-refractivity contribution in [2.24, 2.45) is 11.7 Å². The molecule has 0 amide bonds. The van der Waals surface area contributed by atoms with Gasteiger partial charge in [-0.05, 0) is 25.0 Å². The molecule has 21 heavy (non-hydrogen) atoms. The molecule has 1 unspecified atom stereocenters. The van der Waals surface area contributed by atoms with Crippen LogP contribution in [-0.4, -0.2) is 19.8 Å². The molecule has 3 aromatic rings. The Labute approximate surface area is 123 Å². The monoisotopic (exact) mass is 281 g/mol. The van der Waals surface area contributed by atoms with E-state index in [1.165, 1.54) is 5.56 Å². The number of rotatable bonds is 3. The van der Waals surface area contributed by atoms with E-state index in [0.29, 0.717) is 5.82 Å². The van der Waals surface area contributed by atoms with E-state index in [2.05, 4.69) is 60.3 Å². The van der Waals surface area contributed by atoms with E-state index in [9.17, 15) is 0 Å². The third kappa shape index (κ3) is 2.52. The van der Waals surface area contributed by atoms with Crippen LogP contribution in [0.5, 0.6) is 0 Å². The topological polar surface area (TPSA) is 69.1 Å². The fourth-order valence-corrected chi connectivity index (χ4v) is 2.19. The molecule has 0 aliphatic heterocycles. The highest BCUT2D eigenvalue weighted by Crippen LogP contribution is 2.21. The van der Waals surface area contributed by atoms with E-state index in [0.717, 1.165) is 16.9 Å². The number of benzene rings is 1. The van der Waals surface area contributed by atoms with Crippen LogP contribution in [0.4, 0.5) is 0 Å². The first kappa shape index (κ1) is 13.7. The summed E-state index contributed by atoms with van der Waals surface area (Å²) in [5.74, 6) is 0.983. The summed E-state index contributed by atoms with van der Waals surface area (Å²) in [6, 6.07) is 12.0. The van der Waals surface area contributed by atoms with E-state index < -0.39 is 0 Å². The Morgan fingerprint density at radius 1 is 1.00 bits per heavy atom. The quantitative estimate of drug-likeness (QED) is 0.801. The summed E-state index contributed by atoms with van der Waals surface area (Å²) < 4.78 is 1.75. The van der Waals surface area contributed by atoms with Crippen molar-refractivity contribution in [2.75, 3.05) is 0 Å². The van der Waals surface area contributed by atoms with Gasteiger partial charge in [-0.25, -0.2) is 0 Å². The van der Waals surface area contributed by atoms with Crippen LogP contribution in [0.1, 0.15) is 31.3 Å². The zero-order chi connectivity index (χ0) is 15.0. The zero-order valence-electron chi connectivity index (χ0n) is 12.5. The van der Waals surface area contributed by atoms with Gasteiger partial charge in [0, 0.05) is 5.56 Å². The van der Waals surface area contributed by atoms with Gasteiger partial charge < -0.3 is 5.73 Å². The molecule has 108 valence electrons. The molecule has 1 aromatic carbocycles. The summed E-state index contributed by atoms with van der Waals surface area (Å²) in [6.07, 6.45) is 0. The highest BCUT2D eigenvalue weighted by atomic mass is 15.4. The van der Waals surface area contributed by atoms with Crippen LogP contribution in [-0.2, 0) is 0 Å². The van der Waals surface area contributed by atoms with Gasteiger partial charge in [0.1, 0.15) is 0 Å². The maximum atomic E-state index is 6.19. The smallest absolute Gasteiger partial charge is 0.178 e. The van der Waals surface area contributed by atoms with Gasteiger partial charge in [-0.2, -0.15) is 9.61 Å². The summed E-state index contributed by atoms with van der Waals surface area (Å²) in [5.41, 5.74) is 10.1. The van der Waals surface area contributed by atoms with E-state index in [1.807, 2.05) is 12.1 Å². The molecule has 2 heterocycles. The molecule has 0 saturated carbocycles. The predicted molar refractivity (Wildman–Crippen MR) is 82.7 cm³/mol. The van der Waals surface area contributed by atoms with Crippen LogP contribution in [0.25, 0.3) is 16.9 Å². The molecule has 0 fully saturated rings. The molecule has 0 saturated heterocycles. The Morgan fingerprint density at radius 2 is 1.71 bits per heavy atom. The molecular weight excluding hydrogens is 262 g/mol. The largest absolute Gasteiger partial charge is 0.321 e. The molecule has 0 aliphatic rings. The first-order valence-electron chi connectivity index (χ1n) is 7.11. The van der Waals surface area contributed by atoms with E-state index in [-0.39, 0.29) is 12.0 Å². The van der Waals surface area contributed by atoms with Gasteiger partial charge in [0.2, 0.25) is 0 Å². The SMILES string of the molecule is Cc1ccc(-c2ccc3nnc(C(N)C(C)C)n3n2)cc1. The van der Waals surface area contributed by atoms with Gasteiger partial charge in [-0.1, -0.05) is 43.7 Å². The Kier molecular flexibility index (Phi) is 3.43. The highest BCUT2D eigenvalue weighted by molar-refractivity contribution is 5.60. The first-order valence-corrected chi connectivity index (χ1v) is 7.11. The molecule has 0 radical (unpaired) electrons. The Balaban J connectivity index is 2.10. The molecule has 1 atom stereocenters. The minimum Gasteiger partial charge on any atom is -0.321 e. The second kappa shape index (κ2) is 5.26. The Bertz CT molecular complexity index is 758. The van der Waals surface area contributed by atoms with Crippen molar-refractivity contribution in [1.82, 2.24) is 19.8 Å². The Hall–Kier alpha value is -2.27. The van der Waals surface area contributed by atoms with Gasteiger partial charge in [-0.3, -0.25) is 0 Å². The molecule has 0 spiro atoms. The number of nitrogens with zero attached hydrogens (tertiary/aromatic N) is 4. The average Bonchev–Trinajstić information content (AvgIpc) is 2.90. The summed E-state index contributed by atoms with van der Waals surface area (Å²) >= 11 is 0. The predicted octanol–water partition coefficient (Wildman–Crippen LogP) is 2.76. The molecule has 0 aliphatic carbocycles. The van der Waals surface area contributed by atoms with Gasteiger partial charge in [0.15, 0.2) is 11.5 Å². The van der Waals surface area contributed by atoms with E-state index >= 15 is 0 Å². The Morgan fingerprint density at radius 3 is 2.38 bits per heavy atom. The van der Waals surface area contributed by atoms with Crippen molar-refractivity contribution in [3.05, 3.63) is 47.8 Å². The molecular formula is C16H19N5. The summed E-state index contributed by atoms with van der Waals surface area (Å²) in [7, 11) is 0. The third-order valence-electron chi connectivity index (χ3n) is 3.65. The number of fused-ring (bicyclic) bond motifs is 1. The van der Waals surface area contributed by atoms with Gasteiger partial charge in [0.05, 0.1) is 11.7 Å². The van der Waals surface area contributed by atoms with Gasteiger partial charge in [-0.15, -0.1) is 10.2 Å². The third-order valence-corrected chi connectivity index (χ3v) is 3.65. The second-order valence-electron chi connectivity index (χ2n) is 5.68. The minimum atomic E-state index is -0.180.